The van der Waals surface area contributed by atoms with Gasteiger partial charge in [0.05, 0.1) is 11.6 Å². The lowest BCUT2D eigenvalue weighted by molar-refractivity contribution is 0.219. The van der Waals surface area contributed by atoms with E-state index in [9.17, 15) is 9.50 Å². The Morgan fingerprint density at radius 1 is 1.21 bits per heavy atom. The second-order valence-corrected chi connectivity index (χ2v) is 5.15. The molecule has 0 aliphatic carbocycles. The third kappa shape index (κ3) is 2.96. The van der Waals surface area contributed by atoms with E-state index in [1.165, 1.54) is 12.1 Å². The normalized spacial score (nSPS) is 12.3. The third-order valence-corrected chi connectivity index (χ3v) is 3.64. The van der Waals surface area contributed by atoms with E-state index in [0.717, 1.165) is 15.6 Å². The maximum atomic E-state index is 13.1. The molecule has 100 valence electrons. The van der Waals surface area contributed by atoms with Gasteiger partial charge in [-0.05, 0) is 63.8 Å². The van der Waals surface area contributed by atoms with Crippen molar-refractivity contribution in [1.29, 1.82) is 0 Å². The Kier molecular flexibility index (Phi) is 4.22. The van der Waals surface area contributed by atoms with Gasteiger partial charge in [-0.3, -0.25) is 0 Å². The van der Waals surface area contributed by atoms with Crippen molar-refractivity contribution >= 4 is 15.9 Å². The van der Waals surface area contributed by atoms with Crippen molar-refractivity contribution in [2.75, 3.05) is 7.11 Å². The molecule has 1 unspecified atom stereocenters. The second-order valence-electron chi connectivity index (χ2n) is 4.30. The van der Waals surface area contributed by atoms with Crippen LogP contribution in [0.1, 0.15) is 22.8 Å². The number of hydrogen-bond acceptors (Lipinski definition) is 2. The first-order valence-electron chi connectivity index (χ1n) is 5.80. The predicted octanol–water partition coefficient (Wildman–Crippen LogP) is 3.99. The molecule has 2 nitrogen and oxygen atoms in total. The average molecular weight is 325 g/mol. The van der Waals surface area contributed by atoms with Crippen LogP contribution in [-0.4, -0.2) is 12.2 Å². The van der Waals surface area contributed by atoms with Gasteiger partial charge in [-0.15, -0.1) is 0 Å². The largest absolute Gasteiger partial charge is 0.496 e. The molecule has 1 atom stereocenters. The molecule has 0 aliphatic rings. The van der Waals surface area contributed by atoms with Crippen molar-refractivity contribution in [2.24, 2.45) is 0 Å². The summed E-state index contributed by atoms with van der Waals surface area (Å²) in [6.07, 6.45) is -0.789. The van der Waals surface area contributed by atoms with Crippen LogP contribution in [0.25, 0.3) is 0 Å². The van der Waals surface area contributed by atoms with Crippen LogP contribution in [0.15, 0.2) is 40.9 Å². The van der Waals surface area contributed by atoms with Crippen molar-refractivity contribution in [3.63, 3.8) is 0 Å². The summed E-state index contributed by atoms with van der Waals surface area (Å²) in [7, 11) is 1.58. The molecule has 4 heteroatoms. The van der Waals surface area contributed by atoms with Crippen LogP contribution in [0.4, 0.5) is 4.39 Å². The number of aliphatic hydroxyl groups is 1. The number of benzene rings is 2. The van der Waals surface area contributed by atoms with Crippen LogP contribution in [0, 0.1) is 12.7 Å². The van der Waals surface area contributed by atoms with E-state index in [4.69, 9.17) is 4.74 Å². The smallest absolute Gasteiger partial charge is 0.133 e. The minimum atomic E-state index is -0.789. The molecule has 0 aromatic heterocycles. The summed E-state index contributed by atoms with van der Waals surface area (Å²) in [6.45, 7) is 1.78. The van der Waals surface area contributed by atoms with E-state index in [1.54, 1.807) is 38.3 Å². The average Bonchev–Trinajstić information content (AvgIpc) is 2.38. The maximum absolute atomic E-state index is 13.1. The molecular weight excluding hydrogens is 311 g/mol. The van der Waals surface area contributed by atoms with Crippen LogP contribution >= 0.6 is 15.9 Å². The zero-order valence-electron chi connectivity index (χ0n) is 10.7. The molecule has 0 heterocycles. The number of aryl methyl sites for hydroxylation is 1. The molecule has 0 spiro atoms. The highest BCUT2D eigenvalue weighted by molar-refractivity contribution is 9.10. The van der Waals surface area contributed by atoms with Gasteiger partial charge in [0, 0.05) is 0 Å². The Balaban J connectivity index is 2.38. The van der Waals surface area contributed by atoms with Crippen LogP contribution in [0.2, 0.25) is 0 Å². The molecule has 19 heavy (non-hydrogen) atoms. The lowest BCUT2D eigenvalue weighted by atomic mass is 9.97. The lowest BCUT2D eigenvalue weighted by Crippen LogP contribution is -2.02. The maximum Gasteiger partial charge on any atom is 0.133 e. The van der Waals surface area contributed by atoms with Gasteiger partial charge in [0.2, 0.25) is 0 Å². The SMILES string of the molecule is COc1ccc(C(O)c2ccc(F)cc2C)cc1Br. The molecule has 2 rings (SSSR count). The number of rotatable bonds is 3. The molecule has 2 aromatic carbocycles. The zero-order chi connectivity index (χ0) is 14.0. The fourth-order valence-corrected chi connectivity index (χ4v) is 2.54. The van der Waals surface area contributed by atoms with Crippen molar-refractivity contribution in [3.05, 3.63) is 63.4 Å². The minimum Gasteiger partial charge on any atom is -0.496 e. The standard InChI is InChI=1S/C15H14BrFO2/c1-9-7-11(17)4-5-12(9)15(18)10-3-6-14(19-2)13(16)8-10/h3-8,15,18H,1-2H3. The highest BCUT2D eigenvalue weighted by Crippen LogP contribution is 2.31. The molecule has 0 saturated heterocycles. The van der Waals surface area contributed by atoms with Gasteiger partial charge < -0.3 is 9.84 Å². The first-order valence-corrected chi connectivity index (χ1v) is 6.59. The molecule has 0 amide bonds. The molecule has 0 radical (unpaired) electrons. The van der Waals surface area contributed by atoms with Gasteiger partial charge in [-0.2, -0.15) is 0 Å². The van der Waals surface area contributed by atoms with Crippen LogP contribution < -0.4 is 4.74 Å². The second kappa shape index (κ2) is 5.72. The highest BCUT2D eigenvalue weighted by atomic mass is 79.9. The van der Waals surface area contributed by atoms with E-state index < -0.39 is 6.10 Å². The van der Waals surface area contributed by atoms with Gasteiger partial charge in [-0.1, -0.05) is 12.1 Å². The summed E-state index contributed by atoms with van der Waals surface area (Å²) in [5.41, 5.74) is 2.14. The molecular formula is C15H14BrFO2. The summed E-state index contributed by atoms with van der Waals surface area (Å²) < 4.78 is 19.0. The van der Waals surface area contributed by atoms with Gasteiger partial charge in [-0.25, -0.2) is 4.39 Å². The molecule has 0 bridgehead atoms. The van der Waals surface area contributed by atoms with E-state index in [1.807, 2.05) is 0 Å². The topological polar surface area (TPSA) is 29.5 Å². The summed E-state index contributed by atoms with van der Waals surface area (Å²) >= 11 is 3.38. The minimum absolute atomic E-state index is 0.302. The van der Waals surface area contributed by atoms with E-state index in [2.05, 4.69) is 15.9 Å². The first-order chi connectivity index (χ1) is 9.02. The van der Waals surface area contributed by atoms with Crippen molar-refractivity contribution < 1.29 is 14.2 Å². The van der Waals surface area contributed by atoms with Crippen molar-refractivity contribution in [1.82, 2.24) is 0 Å². The fraction of sp³-hybridized carbons (Fsp3) is 0.200. The van der Waals surface area contributed by atoms with E-state index in [-0.39, 0.29) is 5.82 Å². The lowest BCUT2D eigenvalue weighted by Gasteiger charge is -2.15. The highest BCUT2D eigenvalue weighted by Gasteiger charge is 2.14. The van der Waals surface area contributed by atoms with Gasteiger partial charge in [0.1, 0.15) is 17.7 Å². The van der Waals surface area contributed by atoms with Crippen LogP contribution in [-0.2, 0) is 0 Å². The monoisotopic (exact) mass is 324 g/mol. The zero-order valence-corrected chi connectivity index (χ0v) is 12.2. The number of ether oxygens (including phenoxy) is 1. The Morgan fingerprint density at radius 3 is 2.53 bits per heavy atom. The molecule has 0 fully saturated rings. The predicted molar refractivity (Wildman–Crippen MR) is 75.9 cm³/mol. The third-order valence-electron chi connectivity index (χ3n) is 3.02. The van der Waals surface area contributed by atoms with Crippen LogP contribution in [0.5, 0.6) is 5.75 Å². The molecule has 2 aromatic rings. The number of hydrogen-bond donors (Lipinski definition) is 1. The van der Waals surface area contributed by atoms with Gasteiger partial charge in [0.15, 0.2) is 0 Å². The van der Waals surface area contributed by atoms with Crippen molar-refractivity contribution in [3.8, 4) is 5.75 Å². The van der Waals surface area contributed by atoms with E-state index in [0.29, 0.717) is 11.3 Å². The van der Waals surface area contributed by atoms with Crippen molar-refractivity contribution in [2.45, 2.75) is 13.0 Å². The first kappa shape index (κ1) is 14.0. The molecule has 0 saturated carbocycles. The molecule has 0 aliphatic heterocycles. The summed E-state index contributed by atoms with van der Waals surface area (Å²) in [5, 5.41) is 10.4. The Hall–Kier alpha value is -1.39. The summed E-state index contributed by atoms with van der Waals surface area (Å²) in [5.74, 6) is 0.399. The number of halogens is 2. The van der Waals surface area contributed by atoms with E-state index >= 15 is 0 Å². The Morgan fingerprint density at radius 2 is 1.95 bits per heavy atom. The number of methoxy groups -OCH3 is 1. The Bertz CT molecular complexity index is 599. The summed E-state index contributed by atoms with van der Waals surface area (Å²) in [4.78, 5) is 0. The quantitative estimate of drug-likeness (QED) is 0.925. The summed E-state index contributed by atoms with van der Waals surface area (Å²) in [6, 6.07) is 9.74. The van der Waals surface area contributed by atoms with Gasteiger partial charge in [0.25, 0.3) is 0 Å². The Labute approximate surface area is 120 Å². The number of aliphatic hydroxyl groups excluding tert-OH is 1. The van der Waals surface area contributed by atoms with Gasteiger partial charge >= 0.3 is 0 Å². The van der Waals surface area contributed by atoms with Crippen LogP contribution in [0.3, 0.4) is 0 Å². The fourth-order valence-electron chi connectivity index (χ4n) is 1.98. The molecule has 1 N–H and O–H groups in total.